The van der Waals surface area contributed by atoms with Crippen molar-refractivity contribution in [3.63, 3.8) is 0 Å². The summed E-state index contributed by atoms with van der Waals surface area (Å²) in [7, 11) is 0. The highest BCUT2D eigenvalue weighted by molar-refractivity contribution is 5.45. The maximum absolute atomic E-state index is 8.99. The number of hydrogen-bond donors (Lipinski definition) is 1. The number of aromatic nitrogens is 2. The van der Waals surface area contributed by atoms with Crippen molar-refractivity contribution < 1.29 is 9.63 Å². The molecule has 2 rings (SSSR count). The van der Waals surface area contributed by atoms with Crippen LogP contribution in [0, 0.1) is 0 Å². The number of aliphatic hydroxyl groups is 1. The molecule has 1 aromatic carbocycles. The summed E-state index contributed by atoms with van der Waals surface area (Å²) < 4.78 is 5.22. The number of nitrogens with zero attached hydrogens (tertiary/aromatic N) is 3. The molecule has 0 aliphatic carbocycles. The zero-order valence-corrected chi connectivity index (χ0v) is 11.1. The van der Waals surface area contributed by atoms with Gasteiger partial charge < -0.3 is 14.5 Å². The van der Waals surface area contributed by atoms with Gasteiger partial charge in [0.25, 0.3) is 0 Å². The second kappa shape index (κ2) is 6.89. The van der Waals surface area contributed by atoms with Gasteiger partial charge in [0.15, 0.2) is 5.82 Å². The fourth-order valence-electron chi connectivity index (χ4n) is 1.86. The van der Waals surface area contributed by atoms with E-state index in [2.05, 4.69) is 15.0 Å². The molecule has 0 spiro atoms. The first-order chi connectivity index (χ1) is 9.33. The predicted octanol–water partition coefficient (Wildman–Crippen LogP) is 2.02. The molecule has 102 valence electrons. The molecule has 0 saturated heterocycles. The summed E-state index contributed by atoms with van der Waals surface area (Å²) in [5, 5.41) is 12.9. The number of benzene rings is 1. The van der Waals surface area contributed by atoms with Crippen molar-refractivity contribution in [3.8, 4) is 0 Å². The molecule has 2 aromatic rings. The lowest BCUT2D eigenvalue weighted by molar-refractivity contribution is 0.288. The van der Waals surface area contributed by atoms with E-state index in [9.17, 15) is 0 Å². The van der Waals surface area contributed by atoms with Crippen molar-refractivity contribution in [3.05, 3.63) is 42.0 Å². The normalized spacial score (nSPS) is 10.6. The molecule has 0 atom stereocenters. The molecule has 0 unspecified atom stereocenters. The number of aliphatic hydroxyl groups excluding tert-OH is 1. The third-order valence-electron chi connectivity index (χ3n) is 2.86. The van der Waals surface area contributed by atoms with E-state index < -0.39 is 0 Å². The zero-order chi connectivity index (χ0) is 13.5. The van der Waals surface area contributed by atoms with E-state index in [-0.39, 0.29) is 6.61 Å². The Morgan fingerprint density at radius 2 is 2.05 bits per heavy atom. The Morgan fingerprint density at radius 3 is 2.68 bits per heavy atom. The lowest BCUT2D eigenvalue weighted by atomic mass is 10.2. The Morgan fingerprint density at radius 1 is 1.26 bits per heavy atom. The lowest BCUT2D eigenvalue weighted by Gasteiger charge is -2.22. The van der Waals surface area contributed by atoms with Crippen LogP contribution in [0.15, 0.2) is 34.9 Å². The van der Waals surface area contributed by atoms with Crippen molar-refractivity contribution in [1.29, 1.82) is 0 Å². The van der Waals surface area contributed by atoms with Gasteiger partial charge in [0.05, 0.1) is 6.54 Å². The van der Waals surface area contributed by atoms with E-state index in [1.807, 2.05) is 37.3 Å². The number of para-hydroxylation sites is 1. The smallest absolute Gasteiger partial charge is 0.246 e. The van der Waals surface area contributed by atoms with Gasteiger partial charge in [0.2, 0.25) is 5.89 Å². The van der Waals surface area contributed by atoms with Crippen LogP contribution in [0.5, 0.6) is 0 Å². The molecule has 0 aliphatic rings. The van der Waals surface area contributed by atoms with Gasteiger partial charge in [-0.3, -0.25) is 0 Å². The van der Waals surface area contributed by atoms with Crippen LogP contribution in [0.4, 0.5) is 5.69 Å². The minimum absolute atomic E-state index is 0.174. The lowest BCUT2D eigenvalue weighted by Crippen LogP contribution is -2.24. The first-order valence-electron chi connectivity index (χ1n) is 6.55. The topological polar surface area (TPSA) is 62.4 Å². The van der Waals surface area contributed by atoms with Crippen molar-refractivity contribution in [2.75, 3.05) is 18.1 Å². The number of hydrogen-bond acceptors (Lipinski definition) is 5. The standard InChI is InChI=1S/C14H19N3O2/c1-2-13-15-14(19-16-13)11-17(9-6-10-18)12-7-4-3-5-8-12/h3-5,7-8,18H,2,6,9-11H2,1H3. The number of aryl methyl sites for hydroxylation is 1. The summed E-state index contributed by atoms with van der Waals surface area (Å²) in [4.78, 5) is 6.45. The first-order valence-corrected chi connectivity index (χ1v) is 6.55. The highest BCUT2D eigenvalue weighted by Gasteiger charge is 2.11. The highest BCUT2D eigenvalue weighted by atomic mass is 16.5. The van der Waals surface area contributed by atoms with Crippen LogP contribution in [0.2, 0.25) is 0 Å². The molecule has 0 aliphatic heterocycles. The quantitative estimate of drug-likeness (QED) is 0.826. The van der Waals surface area contributed by atoms with Crippen LogP contribution in [0.25, 0.3) is 0 Å². The molecular formula is C14H19N3O2. The largest absolute Gasteiger partial charge is 0.396 e. The van der Waals surface area contributed by atoms with Gasteiger partial charge in [-0.05, 0) is 18.6 Å². The molecule has 0 bridgehead atoms. The molecule has 1 heterocycles. The Labute approximate surface area is 112 Å². The maximum atomic E-state index is 8.99. The van der Waals surface area contributed by atoms with Gasteiger partial charge in [0, 0.05) is 25.3 Å². The molecule has 5 nitrogen and oxygen atoms in total. The molecule has 5 heteroatoms. The summed E-state index contributed by atoms with van der Waals surface area (Å²) in [5.74, 6) is 1.34. The monoisotopic (exact) mass is 261 g/mol. The van der Waals surface area contributed by atoms with Crippen molar-refractivity contribution in [2.45, 2.75) is 26.3 Å². The van der Waals surface area contributed by atoms with Crippen LogP contribution in [0.3, 0.4) is 0 Å². The van der Waals surface area contributed by atoms with Gasteiger partial charge >= 0.3 is 0 Å². The number of rotatable bonds is 7. The van der Waals surface area contributed by atoms with Crippen molar-refractivity contribution >= 4 is 5.69 Å². The first kappa shape index (κ1) is 13.5. The summed E-state index contributed by atoms with van der Waals surface area (Å²) in [5.41, 5.74) is 1.09. The van der Waals surface area contributed by atoms with E-state index in [0.29, 0.717) is 18.9 Å². The third-order valence-corrected chi connectivity index (χ3v) is 2.86. The molecule has 1 aromatic heterocycles. The summed E-state index contributed by atoms with van der Waals surface area (Å²) in [6, 6.07) is 10.0. The molecule has 19 heavy (non-hydrogen) atoms. The summed E-state index contributed by atoms with van der Waals surface area (Å²) in [6.45, 7) is 3.49. The number of anilines is 1. The predicted molar refractivity (Wildman–Crippen MR) is 72.9 cm³/mol. The molecule has 0 fully saturated rings. The SMILES string of the molecule is CCc1noc(CN(CCCO)c2ccccc2)n1. The highest BCUT2D eigenvalue weighted by Crippen LogP contribution is 2.16. The van der Waals surface area contributed by atoms with Crippen LogP contribution < -0.4 is 4.90 Å². The van der Waals surface area contributed by atoms with E-state index in [4.69, 9.17) is 9.63 Å². The van der Waals surface area contributed by atoms with E-state index in [1.54, 1.807) is 0 Å². The van der Waals surface area contributed by atoms with Gasteiger partial charge in [-0.1, -0.05) is 30.3 Å². The van der Waals surface area contributed by atoms with Crippen molar-refractivity contribution in [1.82, 2.24) is 10.1 Å². The Balaban J connectivity index is 2.09. The second-order valence-corrected chi connectivity index (χ2v) is 4.29. The summed E-state index contributed by atoms with van der Waals surface area (Å²) in [6.07, 6.45) is 1.48. The van der Waals surface area contributed by atoms with Crippen LogP contribution in [-0.4, -0.2) is 28.4 Å². The van der Waals surface area contributed by atoms with Crippen molar-refractivity contribution in [2.24, 2.45) is 0 Å². The minimum Gasteiger partial charge on any atom is -0.396 e. The van der Waals surface area contributed by atoms with E-state index in [0.717, 1.165) is 24.5 Å². The van der Waals surface area contributed by atoms with Gasteiger partial charge in [-0.25, -0.2) is 0 Å². The van der Waals surface area contributed by atoms with E-state index >= 15 is 0 Å². The Bertz CT molecular complexity index is 484. The fourth-order valence-corrected chi connectivity index (χ4v) is 1.86. The zero-order valence-electron chi connectivity index (χ0n) is 11.1. The third kappa shape index (κ3) is 3.79. The fraction of sp³-hybridized carbons (Fsp3) is 0.429. The average molecular weight is 261 g/mol. The Kier molecular flexibility index (Phi) is 4.92. The van der Waals surface area contributed by atoms with Crippen LogP contribution in [0.1, 0.15) is 25.1 Å². The van der Waals surface area contributed by atoms with Crippen LogP contribution in [-0.2, 0) is 13.0 Å². The van der Waals surface area contributed by atoms with E-state index in [1.165, 1.54) is 0 Å². The van der Waals surface area contributed by atoms with Gasteiger partial charge in [-0.15, -0.1) is 0 Å². The Hall–Kier alpha value is -1.88. The summed E-state index contributed by atoms with van der Waals surface area (Å²) >= 11 is 0. The molecule has 0 saturated carbocycles. The molecular weight excluding hydrogens is 242 g/mol. The minimum atomic E-state index is 0.174. The maximum Gasteiger partial charge on any atom is 0.246 e. The second-order valence-electron chi connectivity index (χ2n) is 4.29. The molecule has 0 amide bonds. The molecule has 0 radical (unpaired) electrons. The molecule has 1 N–H and O–H groups in total. The average Bonchev–Trinajstić information content (AvgIpc) is 2.92. The van der Waals surface area contributed by atoms with Crippen LogP contribution >= 0.6 is 0 Å². The van der Waals surface area contributed by atoms with Gasteiger partial charge in [-0.2, -0.15) is 4.98 Å². The van der Waals surface area contributed by atoms with Gasteiger partial charge in [0.1, 0.15) is 0 Å².